The standard InChI is InChI=1S/C34H33N3O7S/c1-6-43-33(39)30-21(4)35-34-36(31(30)24-14-12-23(13-15-24)20(2)3)32(38)29(45-34)17-25-16-27(42-5)28(18-26(25)37(40)41)44-19-22-10-8-7-9-11-22/h7-18,20,31H,6,19H2,1-5H3/b29-17-/t31-/m0/s1. The van der Waals surface area contributed by atoms with Crippen molar-refractivity contribution in [3.05, 3.63) is 130 Å². The van der Waals surface area contributed by atoms with Crippen molar-refractivity contribution in [2.45, 2.75) is 46.3 Å². The summed E-state index contributed by atoms with van der Waals surface area (Å²) in [6, 6.07) is 19.2. The second-order valence-corrected chi connectivity index (χ2v) is 11.7. The second kappa shape index (κ2) is 13.3. The predicted molar refractivity (Wildman–Crippen MR) is 171 cm³/mol. The number of thiazole rings is 1. The van der Waals surface area contributed by atoms with Crippen molar-refractivity contribution in [2.24, 2.45) is 4.99 Å². The summed E-state index contributed by atoms with van der Waals surface area (Å²) in [5.74, 6) is 0.216. The third kappa shape index (κ3) is 6.44. The number of esters is 1. The number of fused-ring (bicyclic) bond motifs is 1. The van der Waals surface area contributed by atoms with Gasteiger partial charge in [-0.05, 0) is 48.6 Å². The summed E-state index contributed by atoms with van der Waals surface area (Å²) >= 11 is 1.09. The van der Waals surface area contributed by atoms with Crippen molar-refractivity contribution >= 4 is 29.1 Å². The van der Waals surface area contributed by atoms with Gasteiger partial charge in [-0.1, -0.05) is 79.8 Å². The van der Waals surface area contributed by atoms with E-state index >= 15 is 0 Å². The van der Waals surface area contributed by atoms with Crippen LogP contribution in [-0.2, 0) is 16.1 Å². The molecular weight excluding hydrogens is 594 g/mol. The van der Waals surface area contributed by atoms with Crippen LogP contribution in [0.25, 0.3) is 6.08 Å². The van der Waals surface area contributed by atoms with Crippen LogP contribution in [0.2, 0.25) is 0 Å². The Balaban J connectivity index is 1.64. The lowest BCUT2D eigenvalue weighted by Crippen LogP contribution is -2.40. The molecule has 3 aromatic carbocycles. The maximum atomic E-state index is 14.1. The first-order valence-corrected chi connectivity index (χ1v) is 15.3. The molecule has 0 fully saturated rings. The number of hydrogen-bond acceptors (Lipinski definition) is 9. The Hall–Kier alpha value is -5.03. The van der Waals surface area contributed by atoms with Crippen molar-refractivity contribution in [3.63, 3.8) is 0 Å². The van der Waals surface area contributed by atoms with Crippen LogP contribution in [0.1, 0.15) is 61.9 Å². The Morgan fingerprint density at radius 2 is 1.82 bits per heavy atom. The molecule has 0 amide bonds. The van der Waals surface area contributed by atoms with E-state index in [0.717, 1.165) is 28.0 Å². The molecule has 10 nitrogen and oxygen atoms in total. The number of carbonyl (C=O) groups excluding carboxylic acids is 1. The summed E-state index contributed by atoms with van der Waals surface area (Å²) < 4.78 is 18.4. The lowest BCUT2D eigenvalue weighted by atomic mass is 9.93. The van der Waals surface area contributed by atoms with E-state index in [2.05, 4.69) is 18.8 Å². The Kier molecular flexibility index (Phi) is 9.29. The average Bonchev–Trinajstić information content (AvgIpc) is 3.33. The third-order valence-electron chi connectivity index (χ3n) is 7.47. The van der Waals surface area contributed by atoms with Gasteiger partial charge in [-0.25, -0.2) is 9.79 Å². The van der Waals surface area contributed by atoms with Crippen molar-refractivity contribution < 1.29 is 23.9 Å². The highest BCUT2D eigenvalue weighted by molar-refractivity contribution is 7.07. The number of nitrogens with zero attached hydrogens (tertiary/aromatic N) is 3. The van der Waals surface area contributed by atoms with Crippen LogP contribution in [0, 0.1) is 10.1 Å². The van der Waals surface area contributed by atoms with Gasteiger partial charge in [0.25, 0.3) is 11.2 Å². The highest BCUT2D eigenvalue weighted by Crippen LogP contribution is 2.36. The zero-order chi connectivity index (χ0) is 32.2. The van der Waals surface area contributed by atoms with Gasteiger partial charge in [-0.2, -0.15) is 0 Å². The van der Waals surface area contributed by atoms with Gasteiger partial charge in [0, 0.05) is 0 Å². The lowest BCUT2D eigenvalue weighted by molar-refractivity contribution is -0.385. The fraction of sp³-hybridized carbons (Fsp3) is 0.265. The maximum Gasteiger partial charge on any atom is 0.338 e. The molecule has 1 aliphatic rings. The van der Waals surface area contributed by atoms with Crippen molar-refractivity contribution in [1.29, 1.82) is 0 Å². The van der Waals surface area contributed by atoms with Crippen LogP contribution >= 0.6 is 11.3 Å². The van der Waals surface area contributed by atoms with Crippen LogP contribution in [0.5, 0.6) is 11.5 Å². The molecule has 0 radical (unpaired) electrons. The van der Waals surface area contributed by atoms with Gasteiger partial charge in [-0.15, -0.1) is 0 Å². The molecule has 1 aromatic heterocycles. The van der Waals surface area contributed by atoms with E-state index in [9.17, 15) is 19.7 Å². The van der Waals surface area contributed by atoms with E-state index in [1.165, 1.54) is 29.9 Å². The summed E-state index contributed by atoms with van der Waals surface area (Å²) in [7, 11) is 1.44. The lowest BCUT2D eigenvalue weighted by Gasteiger charge is -2.25. The smallest absolute Gasteiger partial charge is 0.338 e. The molecule has 0 saturated carbocycles. The predicted octanol–water partition coefficient (Wildman–Crippen LogP) is 5.42. The zero-order valence-corrected chi connectivity index (χ0v) is 26.4. The molecule has 4 aromatic rings. The van der Waals surface area contributed by atoms with Crippen LogP contribution < -0.4 is 24.4 Å². The highest BCUT2D eigenvalue weighted by Gasteiger charge is 2.33. The Morgan fingerprint density at radius 3 is 2.44 bits per heavy atom. The number of aromatic nitrogens is 1. The number of hydrogen-bond donors (Lipinski definition) is 0. The number of benzene rings is 3. The SMILES string of the molecule is CCOC(=O)C1=C(C)N=c2s/c(=C\c3cc(OC)c(OCc4ccccc4)cc3[N+](=O)[O-])c(=O)n2[C@H]1c1ccc(C(C)C)cc1. The van der Waals surface area contributed by atoms with Crippen LogP contribution in [0.15, 0.2) is 87.8 Å². The fourth-order valence-corrected chi connectivity index (χ4v) is 6.20. The van der Waals surface area contributed by atoms with E-state index in [4.69, 9.17) is 14.2 Å². The minimum absolute atomic E-state index is 0.161. The van der Waals surface area contributed by atoms with Crippen molar-refractivity contribution in [1.82, 2.24) is 4.57 Å². The monoisotopic (exact) mass is 627 g/mol. The first-order chi connectivity index (χ1) is 21.6. The normalized spacial score (nSPS) is 14.6. The molecule has 5 rings (SSSR count). The number of nitro benzene ring substituents is 1. The second-order valence-electron chi connectivity index (χ2n) is 10.7. The number of rotatable bonds is 10. The molecule has 45 heavy (non-hydrogen) atoms. The van der Waals surface area contributed by atoms with Gasteiger partial charge in [-0.3, -0.25) is 19.5 Å². The number of allylic oxidation sites excluding steroid dienone is 1. The van der Waals surface area contributed by atoms with Crippen LogP contribution in [-0.4, -0.2) is 29.2 Å². The van der Waals surface area contributed by atoms with E-state index < -0.39 is 22.5 Å². The van der Waals surface area contributed by atoms with Gasteiger partial charge >= 0.3 is 5.97 Å². The molecular formula is C34H33N3O7S. The quantitative estimate of drug-likeness (QED) is 0.131. The molecule has 0 unspecified atom stereocenters. The summed E-state index contributed by atoms with van der Waals surface area (Å²) in [5, 5.41) is 12.2. The Bertz CT molecular complexity index is 1960. The highest BCUT2D eigenvalue weighted by atomic mass is 32.1. The van der Waals surface area contributed by atoms with Gasteiger partial charge in [0.1, 0.15) is 6.61 Å². The topological polar surface area (TPSA) is 122 Å². The minimum Gasteiger partial charge on any atom is -0.493 e. The van der Waals surface area contributed by atoms with Crippen molar-refractivity contribution in [3.8, 4) is 11.5 Å². The van der Waals surface area contributed by atoms with Crippen LogP contribution in [0.3, 0.4) is 0 Å². The molecule has 0 N–H and O–H groups in total. The van der Waals surface area contributed by atoms with E-state index in [1.807, 2.05) is 54.6 Å². The first kappa shape index (κ1) is 31.4. The molecule has 11 heteroatoms. The number of nitro groups is 1. The van der Waals surface area contributed by atoms with Crippen molar-refractivity contribution in [2.75, 3.05) is 13.7 Å². The van der Waals surface area contributed by atoms with Gasteiger partial charge in [0.2, 0.25) is 0 Å². The molecule has 1 atom stereocenters. The summed E-state index contributed by atoms with van der Waals surface area (Å²) in [6.45, 7) is 7.95. The maximum absolute atomic E-state index is 14.1. The molecule has 1 aliphatic heterocycles. The third-order valence-corrected chi connectivity index (χ3v) is 8.45. The van der Waals surface area contributed by atoms with E-state index in [-0.39, 0.29) is 46.1 Å². The van der Waals surface area contributed by atoms with Gasteiger partial charge < -0.3 is 14.2 Å². The summed E-state index contributed by atoms with van der Waals surface area (Å²) in [5.41, 5.74) is 2.88. The largest absolute Gasteiger partial charge is 0.493 e. The number of carbonyl (C=O) groups is 1. The number of methoxy groups -OCH3 is 1. The Labute approximate surface area is 263 Å². The average molecular weight is 628 g/mol. The zero-order valence-electron chi connectivity index (χ0n) is 25.6. The number of ether oxygens (including phenoxy) is 3. The molecule has 2 heterocycles. The molecule has 0 bridgehead atoms. The van der Waals surface area contributed by atoms with Gasteiger partial charge in [0.15, 0.2) is 16.3 Å². The summed E-state index contributed by atoms with van der Waals surface area (Å²) in [6.07, 6.45) is 1.45. The van der Waals surface area contributed by atoms with E-state index in [0.29, 0.717) is 16.4 Å². The fourth-order valence-electron chi connectivity index (χ4n) is 5.16. The molecule has 0 aliphatic carbocycles. The van der Waals surface area contributed by atoms with Gasteiger partial charge in [0.05, 0.1) is 52.1 Å². The first-order valence-electron chi connectivity index (χ1n) is 14.5. The minimum atomic E-state index is -0.790. The van der Waals surface area contributed by atoms with E-state index in [1.54, 1.807) is 13.8 Å². The summed E-state index contributed by atoms with van der Waals surface area (Å²) in [4.78, 5) is 43.9. The Morgan fingerprint density at radius 1 is 1.11 bits per heavy atom. The molecule has 0 spiro atoms. The van der Waals surface area contributed by atoms with Crippen LogP contribution in [0.4, 0.5) is 5.69 Å². The molecule has 0 saturated heterocycles. The molecule has 232 valence electrons.